The Bertz CT molecular complexity index is 616. The maximum absolute atomic E-state index is 11.5. The number of benzene rings is 1. The number of fused-ring (bicyclic) bond motifs is 1. The molecule has 5 heteroatoms. The zero-order valence-corrected chi connectivity index (χ0v) is 10.7. The topological polar surface area (TPSA) is 75.2 Å². The number of carbonyl (C=O) groups is 1. The summed E-state index contributed by atoms with van der Waals surface area (Å²) in [5.74, 6) is -1.17. The largest absolute Gasteiger partial charge is 0.481 e. The van der Waals surface area contributed by atoms with E-state index in [1.54, 1.807) is 6.33 Å². The Morgan fingerprint density at radius 3 is 2.95 bits per heavy atom. The van der Waals surface area contributed by atoms with Gasteiger partial charge in [-0.1, -0.05) is 13.0 Å². The summed E-state index contributed by atoms with van der Waals surface area (Å²) in [6.07, 6.45) is 2.24. The molecule has 1 aliphatic heterocycles. The molecule has 1 fully saturated rings. The highest BCUT2D eigenvalue weighted by atomic mass is 16.5. The number of nitrogens with one attached hydrogen (secondary N) is 1. The highest BCUT2D eigenvalue weighted by Crippen LogP contribution is 2.41. The Balaban J connectivity index is 2.07. The van der Waals surface area contributed by atoms with Crippen molar-refractivity contribution in [1.29, 1.82) is 0 Å². The number of carboxylic acid groups (broad SMARTS) is 1. The molecule has 1 aliphatic rings. The van der Waals surface area contributed by atoms with Gasteiger partial charge < -0.3 is 14.8 Å². The van der Waals surface area contributed by atoms with E-state index in [0.29, 0.717) is 19.6 Å². The number of aromatic nitrogens is 2. The Labute approximate surface area is 110 Å². The van der Waals surface area contributed by atoms with Crippen molar-refractivity contribution >= 4 is 17.0 Å². The Morgan fingerprint density at radius 2 is 2.37 bits per heavy atom. The van der Waals surface area contributed by atoms with Gasteiger partial charge in [-0.15, -0.1) is 0 Å². The number of rotatable bonds is 4. The minimum atomic E-state index is -0.754. The first-order valence-electron chi connectivity index (χ1n) is 6.41. The highest BCUT2D eigenvalue weighted by molar-refractivity contribution is 5.77. The summed E-state index contributed by atoms with van der Waals surface area (Å²) in [6.45, 7) is 2.85. The van der Waals surface area contributed by atoms with Crippen LogP contribution in [0.1, 0.15) is 18.9 Å². The van der Waals surface area contributed by atoms with E-state index >= 15 is 0 Å². The maximum Gasteiger partial charge on any atom is 0.307 e. The maximum atomic E-state index is 11.5. The predicted molar refractivity (Wildman–Crippen MR) is 70.0 cm³/mol. The molecule has 1 saturated heterocycles. The van der Waals surface area contributed by atoms with Crippen LogP contribution in [-0.2, 0) is 14.9 Å². The van der Waals surface area contributed by atoms with E-state index in [1.165, 1.54) is 0 Å². The molecule has 1 aromatic heterocycles. The first kappa shape index (κ1) is 12.2. The van der Waals surface area contributed by atoms with Crippen LogP contribution in [0.5, 0.6) is 0 Å². The molecule has 100 valence electrons. The van der Waals surface area contributed by atoms with Crippen LogP contribution in [0.3, 0.4) is 0 Å². The third-order valence-electron chi connectivity index (χ3n) is 4.09. The molecular weight excluding hydrogens is 244 g/mol. The van der Waals surface area contributed by atoms with Gasteiger partial charge in [0.1, 0.15) is 0 Å². The molecule has 0 amide bonds. The summed E-state index contributed by atoms with van der Waals surface area (Å²) in [5, 5.41) is 9.43. The van der Waals surface area contributed by atoms with Crippen molar-refractivity contribution in [3.63, 3.8) is 0 Å². The van der Waals surface area contributed by atoms with Crippen molar-refractivity contribution < 1.29 is 14.6 Å². The van der Waals surface area contributed by atoms with E-state index in [9.17, 15) is 9.90 Å². The number of carboxylic acids is 1. The summed E-state index contributed by atoms with van der Waals surface area (Å²) >= 11 is 0. The van der Waals surface area contributed by atoms with E-state index < -0.39 is 17.3 Å². The van der Waals surface area contributed by atoms with Crippen molar-refractivity contribution in [3.8, 4) is 0 Å². The molecule has 1 unspecified atom stereocenters. The fourth-order valence-electron chi connectivity index (χ4n) is 2.94. The molecule has 2 aromatic rings. The van der Waals surface area contributed by atoms with E-state index in [0.717, 1.165) is 16.6 Å². The number of H-pyrrole nitrogens is 1. The Hall–Kier alpha value is -1.88. The molecule has 0 spiro atoms. The molecule has 1 atom stereocenters. The molecule has 2 N–H and O–H groups in total. The van der Waals surface area contributed by atoms with Crippen molar-refractivity contribution in [1.82, 2.24) is 9.97 Å². The molecule has 3 rings (SSSR count). The van der Waals surface area contributed by atoms with Crippen LogP contribution in [0.2, 0.25) is 0 Å². The number of aliphatic carboxylic acids is 1. The van der Waals surface area contributed by atoms with Crippen molar-refractivity contribution in [2.75, 3.05) is 13.2 Å². The number of hydrogen-bond donors (Lipinski definition) is 2. The average Bonchev–Trinajstić information content (AvgIpc) is 2.79. The minimum Gasteiger partial charge on any atom is -0.481 e. The molecule has 0 saturated carbocycles. The summed E-state index contributed by atoms with van der Waals surface area (Å²) in [6, 6.07) is 5.89. The monoisotopic (exact) mass is 260 g/mol. The lowest BCUT2D eigenvalue weighted by molar-refractivity contribution is -0.157. The second-order valence-corrected chi connectivity index (χ2v) is 5.08. The molecule has 2 heterocycles. The Kier molecular flexibility index (Phi) is 2.78. The van der Waals surface area contributed by atoms with Crippen LogP contribution in [0.25, 0.3) is 11.0 Å². The van der Waals surface area contributed by atoms with Crippen molar-refractivity contribution in [2.24, 2.45) is 5.92 Å². The fraction of sp³-hybridized carbons (Fsp3) is 0.429. The van der Waals surface area contributed by atoms with Crippen LogP contribution in [0, 0.1) is 5.92 Å². The van der Waals surface area contributed by atoms with Gasteiger partial charge in [0, 0.05) is 0 Å². The lowest BCUT2D eigenvalue weighted by Crippen LogP contribution is -2.54. The first-order valence-corrected chi connectivity index (χ1v) is 6.41. The van der Waals surface area contributed by atoms with Gasteiger partial charge in [0.25, 0.3) is 0 Å². The summed E-state index contributed by atoms with van der Waals surface area (Å²) in [4.78, 5) is 18.7. The van der Waals surface area contributed by atoms with E-state index in [2.05, 4.69) is 9.97 Å². The van der Waals surface area contributed by atoms with Crippen molar-refractivity contribution in [3.05, 3.63) is 30.1 Å². The lowest BCUT2D eigenvalue weighted by atomic mass is 9.67. The van der Waals surface area contributed by atoms with E-state index in [4.69, 9.17) is 4.74 Å². The number of ether oxygens (including phenoxy) is 1. The zero-order chi connectivity index (χ0) is 13.5. The van der Waals surface area contributed by atoms with Gasteiger partial charge in [-0.25, -0.2) is 4.98 Å². The van der Waals surface area contributed by atoms with Crippen molar-refractivity contribution in [2.45, 2.75) is 18.8 Å². The third-order valence-corrected chi connectivity index (χ3v) is 4.09. The van der Waals surface area contributed by atoms with Crippen LogP contribution in [0.15, 0.2) is 24.5 Å². The predicted octanol–water partition coefficient (Wildman–Crippen LogP) is 1.94. The highest BCUT2D eigenvalue weighted by Gasteiger charge is 2.49. The lowest BCUT2D eigenvalue weighted by Gasteiger charge is -2.45. The summed E-state index contributed by atoms with van der Waals surface area (Å²) in [5.41, 5.74) is 2.44. The Morgan fingerprint density at radius 1 is 1.58 bits per heavy atom. The van der Waals surface area contributed by atoms with Gasteiger partial charge in [-0.05, 0) is 24.1 Å². The van der Waals surface area contributed by atoms with E-state index in [-0.39, 0.29) is 0 Å². The third kappa shape index (κ3) is 1.73. The molecule has 5 nitrogen and oxygen atoms in total. The van der Waals surface area contributed by atoms with Gasteiger partial charge in [-0.2, -0.15) is 0 Å². The average molecular weight is 260 g/mol. The van der Waals surface area contributed by atoms with Gasteiger partial charge in [-0.3, -0.25) is 4.79 Å². The molecule has 0 radical (unpaired) electrons. The number of nitrogens with zero attached hydrogens (tertiary/aromatic N) is 1. The first-order chi connectivity index (χ1) is 9.17. The summed E-state index contributed by atoms with van der Waals surface area (Å²) in [7, 11) is 0. The fourth-order valence-corrected chi connectivity index (χ4v) is 2.94. The summed E-state index contributed by atoms with van der Waals surface area (Å²) < 4.78 is 5.33. The molecule has 0 aliphatic carbocycles. The van der Waals surface area contributed by atoms with Crippen LogP contribution >= 0.6 is 0 Å². The van der Waals surface area contributed by atoms with Gasteiger partial charge in [0.15, 0.2) is 0 Å². The molecule has 1 aromatic carbocycles. The second kappa shape index (κ2) is 4.35. The van der Waals surface area contributed by atoms with Crippen LogP contribution in [-0.4, -0.2) is 34.3 Å². The van der Waals surface area contributed by atoms with E-state index in [1.807, 2.05) is 25.1 Å². The van der Waals surface area contributed by atoms with Gasteiger partial charge >= 0.3 is 5.97 Å². The number of hydrogen-bond acceptors (Lipinski definition) is 3. The smallest absolute Gasteiger partial charge is 0.307 e. The standard InChI is InChI=1S/C14H16N2O3/c1-2-10(13(17)18)14(6-19-7-14)9-3-4-11-12(5-9)16-8-15-11/h3-5,8,10H,2,6-7H2,1H3,(H,15,16)(H,17,18). The molecule has 19 heavy (non-hydrogen) atoms. The van der Waals surface area contributed by atoms with Crippen LogP contribution < -0.4 is 0 Å². The normalized spacial score (nSPS) is 19.0. The van der Waals surface area contributed by atoms with Crippen LogP contribution in [0.4, 0.5) is 0 Å². The number of imidazole rings is 1. The quantitative estimate of drug-likeness (QED) is 0.881. The zero-order valence-electron chi connectivity index (χ0n) is 10.7. The SMILES string of the molecule is CCC(C(=O)O)C1(c2ccc3nc[nH]c3c2)COC1. The van der Waals surface area contributed by atoms with Gasteiger partial charge in [0.2, 0.25) is 0 Å². The molecular formula is C14H16N2O3. The number of aromatic amines is 1. The minimum absolute atomic E-state index is 0.403. The molecule has 0 bridgehead atoms. The second-order valence-electron chi connectivity index (χ2n) is 5.08. The van der Waals surface area contributed by atoms with Gasteiger partial charge in [0.05, 0.1) is 41.9 Å².